The van der Waals surface area contributed by atoms with E-state index in [2.05, 4.69) is 541 Å². The summed E-state index contributed by atoms with van der Waals surface area (Å²) in [5, 5.41) is 0. The average molecular weight is 1640 g/mol. The van der Waals surface area contributed by atoms with Crippen LogP contribution >= 0.6 is 0 Å². The van der Waals surface area contributed by atoms with E-state index < -0.39 is 0 Å². The minimum Gasteiger partial charge on any atom is -0.0616 e. The third-order valence-corrected chi connectivity index (χ3v) is 24.1. The van der Waals surface area contributed by atoms with E-state index in [9.17, 15) is 0 Å². The van der Waals surface area contributed by atoms with E-state index in [0.29, 0.717) is 0 Å². The Labute approximate surface area is 757 Å². The number of benzene rings is 20. The molecule has 0 spiro atoms. The van der Waals surface area contributed by atoms with E-state index in [-0.39, 0.29) is 0 Å². The van der Waals surface area contributed by atoms with Crippen LogP contribution in [0.15, 0.2) is 485 Å². The summed E-state index contributed by atoms with van der Waals surface area (Å²) in [5.74, 6) is 0. The normalized spacial score (nSPS) is 10.8. The molecular weight excluding hydrogens is 1540 g/mol. The Kier molecular flexibility index (Phi) is 26.4. The van der Waals surface area contributed by atoms with Crippen LogP contribution in [0.5, 0.6) is 0 Å². The third kappa shape index (κ3) is 21.2. The van der Waals surface area contributed by atoms with Crippen LogP contribution in [-0.4, -0.2) is 0 Å². The molecule has 0 N–H and O–H groups in total. The maximum Gasteiger partial charge on any atom is -0.0105 e. The first kappa shape index (κ1) is 84.6. The Hall–Kier alpha value is -15.6. The van der Waals surface area contributed by atoms with Gasteiger partial charge in [0.05, 0.1) is 0 Å². The molecule has 0 bridgehead atoms. The van der Waals surface area contributed by atoms with Crippen molar-refractivity contribution >= 4 is 0 Å². The summed E-state index contributed by atoms with van der Waals surface area (Å²) in [5.41, 5.74) is 50.0. The fraction of sp³-hybridized carbons (Fsp3) is 0.0625. The molecule has 0 fully saturated rings. The van der Waals surface area contributed by atoms with Gasteiger partial charge in [0.2, 0.25) is 0 Å². The van der Waals surface area contributed by atoms with Gasteiger partial charge < -0.3 is 0 Å². The van der Waals surface area contributed by atoms with Crippen molar-refractivity contribution < 1.29 is 0 Å². The van der Waals surface area contributed by atoms with Crippen LogP contribution in [0.4, 0.5) is 0 Å². The molecule has 0 unspecified atom stereocenters. The quantitative estimate of drug-likeness (QED) is 0.0904. The molecule has 0 aliphatic heterocycles. The zero-order valence-electron chi connectivity index (χ0n) is 74.2. The van der Waals surface area contributed by atoms with E-state index in [0.717, 1.165) is 0 Å². The zero-order chi connectivity index (χ0) is 87.7. The van der Waals surface area contributed by atoms with Gasteiger partial charge >= 0.3 is 0 Å². The summed E-state index contributed by atoms with van der Waals surface area (Å²) in [4.78, 5) is 0. The lowest BCUT2D eigenvalue weighted by Gasteiger charge is -2.13. The smallest absolute Gasteiger partial charge is 0.0105 e. The maximum absolute atomic E-state index is 2.30. The maximum atomic E-state index is 2.30. The Bertz CT molecular complexity index is 6830. The molecule has 20 aromatic rings. The minimum atomic E-state index is 1.23. The molecule has 0 atom stereocenters. The van der Waals surface area contributed by atoms with Gasteiger partial charge in [0.1, 0.15) is 0 Å². The van der Waals surface area contributed by atoms with E-state index in [1.807, 2.05) is 0 Å². The van der Waals surface area contributed by atoms with E-state index in [4.69, 9.17) is 0 Å². The van der Waals surface area contributed by atoms with Crippen LogP contribution in [0.1, 0.15) is 44.5 Å². The molecule has 0 amide bonds. The van der Waals surface area contributed by atoms with Gasteiger partial charge in [0.25, 0.3) is 0 Å². The van der Waals surface area contributed by atoms with Crippen molar-refractivity contribution in [2.75, 3.05) is 0 Å². The highest BCUT2D eigenvalue weighted by Crippen LogP contribution is 2.40. The van der Waals surface area contributed by atoms with Crippen molar-refractivity contribution in [3.63, 3.8) is 0 Å². The minimum absolute atomic E-state index is 1.23. The van der Waals surface area contributed by atoms with Crippen molar-refractivity contribution in [3.8, 4) is 178 Å². The first-order chi connectivity index (χ1) is 62.6. The topological polar surface area (TPSA) is 0 Å². The summed E-state index contributed by atoms with van der Waals surface area (Å²) in [6.45, 7) is 17.0. The first-order valence-electron chi connectivity index (χ1n) is 44.4. The summed E-state index contributed by atoms with van der Waals surface area (Å²) >= 11 is 0. The predicted molar refractivity (Wildman–Crippen MR) is 551 cm³/mol. The molecule has 0 heterocycles. The van der Waals surface area contributed by atoms with Crippen LogP contribution < -0.4 is 0 Å². The Morgan fingerprint density at radius 3 is 0.352 bits per heavy atom. The molecule has 616 valence electrons. The number of aryl methyl sites for hydroxylation is 8. The summed E-state index contributed by atoms with van der Waals surface area (Å²) in [6, 6.07) is 176. The summed E-state index contributed by atoms with van der Waals surface area (Å²) < 4.78 is 0. The average Bonchev–Trinajstić information content (AvgIpc) is 0.809. The fourth-order valence-corrected chi connectivity index (χ4v) is 16.6. The van der Waals surface area contributed by atoms with Crippen molar-refractivity contribution in [2.45, 2.75) is 55.4 Å². The van der Waals surface area contributed by atoms with E-state index in [1.54, 1.807) is 0 Å². The van der Waals surface area contributed by atoms with Crippen LogP contribution in [-0.2, 0) is 0 Å². The first-order valence-corrected chi connectivity index (χ1v) is 44.4. The van der Waals surface area contributed by atoms with Crippen LogP contribution in [0.25, 0.3) is 178 Å². The molecular formula is C128H104. The number of hydrogen-bond donors (Lipinski definition) is 0. The molecule has 0 aliphatic carbocycles. The Balaban J connectivity index is 0.000000120. The van der Waals surface area contributed by atoms with E-state index >= 15 is 0 Å². The Morgan fingerprint density at radius 1 is 0.0781 bits per heavy atom. The zero-order valence-corrected chi connectivity index (χ0v) is 74.2. The van der Waals surface area contributed by atoms with Gasteiger partial charge in [-0.1, -0.05) is 475 Å². The van der Waals surface area contributed by atoms with Crippen molar-refractivity contribution in [1.82, 2.24) is 0 Å². The van der Waals surface area contributed by atoms with Gasteiger partial charge in [-0.15, -0.1) is 0 Å². The summed E-state index contributed by atoms with van der Waals surface area (Å²) in [6.07, 6.45) is 0. The molecule has 0 heteroatoms. The van der Waals surface area contributed by atoms with Crippen LogP contribution in [0, 0.1) is 55.4 Å². The lowest BCUT2D eigenvalue weighted by atomic mass is 9.91. The largest absolute Gasteiger partial charge is 0.0616 e. The molecule has 20 rings (SSSR count). The van der Waals surface area contributed by atoms with Gasteiger partial charge in [-0.25, -0.2) is 0 Å². The van der Waals surface area contributed by atoms with Gasteiger partial charge in [-0.05, 0) is 288 Å². The standard InChI is InChI=1S/4C32H26/c1-23-12-16-25(17-13-23)27-6-3-8-29(20-27)31-10-5-11-32(22-31)30-9-4-7-28(21-30)26-18-14-24(2)15-19-26;1-23-12-14-25(15-13-23)29-8-4-9-30(21-29)26-16-18-27(19-17-26)31-10-5-11-32(22-31)28-7-3-6-24(2)20-28;1-23-9-13-25(14-10-23)29-5-3-7-31(21-29)27-17-19-28(20-18-27)32-8-4-6-30(22-32)26-15-11-24(2)12-16-26;1-23-13-17-25(18-14-23)27-7-5-9-29(21-27)31-11-3-4-12-32(31)30-10-6-8-28(22-30)26-19-15-24(2)16-20-26/h4*3-22H,1-2H3. The van der Waals surface area contributed by atoms with Crippen LogP contribution in [0.2, 0.25) is 0 Å². The molecule has 20 aromatic carbocycles. The molecule has 128 heavy (non-hydrogen) atoms. The predicted octanol–water partition coefficient (Wildman–Crippen LogP) is 35.9. The molecule has 0 aliphatic rings. The molecule has 0 saturated heterocycles. The second-order valence-electron chi connectivity index (χ2n) is 33.9. The lowest BCUT2D eigenvalue weighted by molar-refractivity contribution is 1.46. The molecule has 0 radical (unpaired) electrons. The Morgan fingerprint density at radius 2 is 0.195 bits per heavy atom. The van der Waals surface area contributed by atoms with Gasteiger partial charge in [0.15, 0.2) is 0 Å². The van der Waals surface area contributed by atoms with Gasteiger partial charge in [0, 0.05) is 0 Å². The van der Waals surface area contributed by atoms with Crippen LogP contribution in [0.3, 0.4) is 0 Å². The SMILES string of the molecule is Cc1ccc(-c2cccc(-c3ccc(-c4cccc(-c5ccc(C)cc5)c4)cc3)c2)cc1.Cc1ccc(-c2cccc(-c3ccc(-c4cccc(-c5cccc(C)c5)c4)cc3)c2)cc1.Cc1ccc(-c2cccc(-c3cccc(-c4cccc(-c5ccc(C)cc5)c4)c3)c2)cc1.Cc1ccc(-c2cccc(-c3ccccc3-c3cccc(-c4ccc(C)cc4)c3)c2)cc1. The second kappa shape index (κ2) is 39.9. The highest BCUT2D eigenvalue weighted by molar-refractivity contribution is 5.88. The number of rotatable bonds is 16. The van der Waals surface area contributed by atoms with Crippen molar-refractivity contribution in [3.05, 3.63) is 530 Å². The fourth-order valence-electron chi connectivity index (χ4n) is 16.6. The highest BCUT2D eigenvalue weighted by atomic mass is 14.2. The molecule has 0 aromatic heterocycles. The van der Waals surface area contributed by atoms with Crippen molar-refractivity contribution in [2.24, 2.45) is 0 Å². The second-order valence-corrected chi connectivity index (χ2v) is 33.9. The molecule has 0 saturated carbocycles. The van der Waals surface area contributed by atoms with Gasteiger partial charge in [-0.2, -0.15) is 0 Å². The van der Waals surface area contributed by atoms with Gasteiger partial charge in [-0.3, -0.25) is 0 Å². The lowest BCUT2D eigenvalue weighted by Crippen LogP contribution is -1.87. The van der Waals surface area contributed by atoms with Crippen molar-refractivity contribution in [1.29, 1.82) is 0 Å². The third-order valence-electron chi connectivity index (χ3n) is 24.1. The monoisotopic (exact) mass is 1640 g/mol. The summed E-state index contributed by atoms with van der Waals surface area (Å²) in [7, 11) is 0. The number of hydrogen-bond acceptors (Lipinski definition) is 0. The van der Waals surface area contributed by atoms with E-state index in [1.165, 1.54) is 223 Å². The highest BCUT2D eigenvalue weighted by Gasteiger charge is 2.15. The molecule has 0 nitrogen and oxygen atoms in total.